The highest BCUT2D eigenvalue weighted by Gasteiger charge is 2.70. The van der Waals surface area contributed by atoms with Crippen molar-refractivity contribution in [2.75, 3.05) is 0 Å². The first kappa shape index (κ1) is 4.79. The molecule has 10 heavy (non-hydrogen) atoms. The molecule has 0 saturated heterocycles. The van der Waals surface area contributed by atoms with Crippen molar-refractivity contribution in [2.45, 2.75) is 32.1 Å². The van der Waals surface area contributed by atoms with Crippen LogP contribution in [0.2, 0.25) is 0 Å². The van der Waals surface area contributed by atoms with Crippen molar-refractivity contribution < 1.29 is 0 Å². The summed E-state index contributed by atoms with van der Waals surface area (Å²) in [5, 5.41) is 0. The van der Waals surface area contributed by atoms with Gasteiger partial charge in [-0.25, -0.2) is 0 Å². The van der Waals surface area contributed by atoms with E-state index in [4.69, 9.17) is 0 Å². The zero-order valence-corrected chi connectivity index (χ0v) is 6.34. The molecule has 0 heteroatoms. The highest BCUT2D eigenvalue weighted by atomic mass is 14.7. The van der Waals surface area contributed by atoms with E-state index in [2.05, 4.69) is 0 Å². The van der Waals surface area contributed by atoms with Crippen molar-refractivity contribution in [3.05, 3.63) is 0 Å². The van der Waals surface area contributed by atoms with Gasteiger partial charge in [0.25, 0.3) is 0 Å². The predicted octanol–water partition coefficient (Wildman–Crippen LogP) is 2.44. The fraction of sp³-hybridized carbons (Fsp3) is 1.00. The summed E-state index contributed by atoms with van der Waals surface area (Å²) in [6.07, 6.45) is 8.20. The lowest BCUT2D eigenvalue weighted by Crippen LogP contribution is -2.14. The minimum Gasteiger partial charge on any atom is -0.0493 e. The van der Waals surface area contributed by atoms with E-state index in [9.17, 15) is 0 Å². The van der Waals surface area contributed by atoms with Gasteiger partial charge >= 0.3 is 0 Å². The topological polar surface area (TPSA) is 0 Å². The molecule has 5 atom stereocenters. The van der Waals surface area contributed by atoms with Gasteiger partial charge in [0.1, 0.15) is 0 Å². The van der Waals surface area contributed by atoms with Gasteiger partial charge in [0, 0.05) is 0 Å². The normalized spacial score (nSPS) is 74.4. The van der Waals surface area contributed by atoms with Gasteiger partial charge in [0.2, 0.25) is 0 Å². The summed E-state index contributed by atoms with van der Waals surface area (Å²) in [6, 6.07) is 0. The van der Waals surface area contributed by atoms with Crippen molar-refractivity contribution in [1.82, 2.24) is 0 Å². The molecule has 0 heterocycles. The second kappa shape index (κ2) is 1.09. The average molecular weight is 134 g/mol. The number of hydrogen-bond donors (Lipinski definition) is 0. The summed E-state index contributed by atoms with van der Waals surface area (Å²) in [5.74, 6) is 4.93. The van der Waals surface area contributed by atoms with Gasteiger partial charge in [-0.1, -0.05) is 0 Å². The Hall–Kier alpha value is 0. The molecule has 0 amide bonds. The highest BCUT2D eigenvalue weighted by Crippen LogP contribution is 2.78. The lowest BCUT2D eigenvalue weighted by Gasteiger charge is -2.23. The third-order valence-electron chi connectivity index (χ3n) is 5.30. The molecule has 5 aliphatic rings. The molecule has 5 rings (SSSR count). The molecule has 5 bridgehead atoms. The molecule has 5 unspecified atom stereocenters. The van der Waals surface area contributed by atoms with Crippen molar-refractivity contribution in [3.8, 4) is 0 Å². The maximum Gasteiger partial charge on any atom is -0.0261 e. The standard InChI is InChI=1S/C10H14/c1-2-10-4-6-3-9(10)7(1)8(6)5-10/h6-9H,1-5H2. The third kappa shape index (κ3) is 0.271. The fourth-order valence-electron chi connectivity index (χ4n) is 5.22. The molecule has 5 saturated carbocycles. The lowest BCUT2D eigenvalue weighted by molar-refractivity contribution is 0.269. The number of rotatable bonds is 0. The average Bonchev–Trinajstić information content (AvgIpc) is 2.54. The zero-order valence-electron chi connectivity index (χ0n) is 6.34. The van der Waals surface area contributed by atoms with Crippen molar-refractivity contribution in [2.24, 2.45) is 29.1 Å². The van der Waals surface area contributed by atoms with Gasteiger partial charge in [0.15, 0.2) is 0 Å². The molecule has 0 radical (unpaired) electrons. The van der Waals surface area contributed by atoms with E-state index in [-0.39, 0.29) is 0 Å². The summed E-state index contributed by atoms with van der Waals surface area (Å²) in [5.41, 5.74) is 0.958. The highest BCUT2D eigenvalue weighted by molar-refractivity contribution is 5.19. The molecule has 0 aromatic rings. The summed E-state index contributed by atoms with van der Waals surface area (Å²) >= 11 is 0. The van der Waals surface area contributed by atoms with E-state index in [1.807, 2.05) is 0 Å². The van der Waals surface area contributed by atoms with Crippen molar-refractivity contribution >= 4 is 0 Å². The van der Waals surface area contributed by atoms with Crippen LogP contribution < -0.4 is 0 Å². The SMILES string of the molecule is C1CC23CC4CC2C1C4C3. The first-order valence-electron chi connectivity index (χ1n) is 4.89. The summed E-state index contributed by atoms with van der Waals surface area (Å²) in [6.45, 7) is 0. The molecule has 5 fully saturated rings. The Bertz CT molecular complexity index is 204. The second-order valence-corrected chi connectivity index (χ2v) is 5.24. The van der Waals surface area contributed by atoms with Crippen LogP contribution in [0.25, 0.3) is 0 Å². The molecule has 5 aliphatic carbocycles. The van der Waals surface area contributed by atoms with Crippen LogP contribution in [0.4, 0.5) is 0 Å². The minimum absolute atomic E-state index is 0.958. The summed E-state index contributed by atoms with van der Waals surface area (Å²) in [4.78, 5) is 0. The largest absolute Gasteiger partial charge is 0.0493 e. The van der Waals surface area contributed by atoms with Crippen LogP contribution in [-0.4, -0.2) is 0 Å². The predicted molar refractivity (Wildman–Crippen MR) is 39.5 cm³/mol. The van der Waals surface area contributed by atoms with Crippen LogP contribution in [0.3, 0.4) is 0 Å². The van der Waals surface area contributed by atoms with Crippen LogP contribution in [0.15, 0.2) is 0 Å². The maximum atomic E-state index is 1.66. The van der Waals surface area contributed by atoms with Crippen LogP contribution in [0.5, 0.6) is 0 Å². The first-order valence-corrected chi connectivity index (χ1v) is 4.89. The minimum atomic E-state index is 0.958. The molecule has 54 valence electrons. The van der Waals surface area contributed by atoms with Crippen molar-refractivity contribution in [1.29, 1.82) is 0 Å². The monoisotopic (exact) mass is 134 g/mol. The molecule has 0 N–H and O–H groups in total. The first-order chi connectivity index (χ1) is 4.89. The van der Waals surface area contributed by atoms with Gasteiger partial charge < -0.3 is 0 Å². The smallest absolute Gasteiger partial charge is 0.0261 e. The lowest BCUT2D eigenvalue weighted by atomic mass is 9.82. The Labute approximate surface area is 62.0 Å². The Morgan fingerprint density at radius 2 is 2.10 bits per heavy atom. The van der Waals surface area contributed by atoms with Crippen LogP contribution in [0.1, 0.15) is 32.1 Å². The Kier molecular flexibility index (Phi) is 0.522. The molecule has 0 aromatic heterocycles. The van der Waals surface area contributed by atoms with Gasteiger partial charge in [-0.2, -0.15) is 0 Å². The van der Waals surface area contributed by atoms with Gasteiger partial charge in [-0.3, -0.25) is 0 Å². The van der Waals surface area contributed by atoms with E-state index in [0.29, 0.717) is 0 Å². The molecule has 1 spiro atoms. The van der Waals surface area contributed by atoms with Crippen molar-refractivity contribution in [3.63, 3.8) is 0 Å². The second-order valence-electron chi connectivity index (χ2n) is 5.24. The molecule has 0 aliphatic heterocycles. The number of hydrogen-bond acceptors (Lipinski definition) is 0. The fourth-order valence-corrected chi connectivity index (χ4v) is 5.22. The van der Waals surface area contributed by atoms with Crippen LogP contribution in [0, 0.1) is 29.1 Å². The van der Waals surface area contributed by atoms with E-state index in [1.54, 1.807) is 32.1 Å². The van der Waals surface area contributed by atoms with Gasteiger partial charge in [0.05, 0.1) is 0 Å². The van der Waals surface area contributed by atoms with E-state index in [0.717, 1.165) is 5.41 Å². The summed E-state index contributed by atoms with van der Waals surface area (Å²) < 4.78 is 0. The third-order valence-corrected chi connectivity index (χ3v) is 5.30. The van der Waals surface area contributed by atoms with Gasteiger partial charge in [-0.15, -0.1) is 0 Å². The van der Waals surface area contributed by atoms with E-state index < -0.39 is 0 Å². The quantitative estimate of drug-likeness (QED) is 0.477. The Balaban J connectivity index is 2.03. The Morgan fingerprint density at radius 1 is 1.10 bits per heavy atom. The Morgan fingerprint density at radius 3 is 2.60 bits per heavy atom. The zero-order chi connectivity index (χ0) is 6.34. The molecular formula is C10H14. The maximum absolute atomic E-state index is 1.66. The van der Waals surface area contributed by atoms with Crippen LogP contribution in [-0.2, 0) is 0 Å². The summed E-state index contributed by atoms with van der Waals surface area (Å²) in [7, 11) is 0. The van der Waals surface area contributed by atoms with E-state index >= 15 is 0 Å². The van der Waals surface area contributed by atoms with E-state index in [1.165, 1.54) is 23.7 Å². The van der Waals surface area contributed by atoms with Crippen LogP contribution >= 0.6 is 0 Å². The molecule has 0 nitrogen and oxygen atoms in total. The van der Waals surface area contributed by atoms with Gasteiger partial charge in [-0.05, 0) is 61.2 Å². The molecule has 0 aromatic carbocycles. The molecular weight excluding hydrogens is 120 g/mol.